The SMILES string of the molecule is CCc1ccc(CC(NC)C(C)C(C)C)s1. The van der Waals surface area contributed by atoms with Gasteiger partial charge in [0.05, 0.1) is 0 Å². The van der Waals surface area contributed by atoms with E-state index in [-0.39, 0.29) is 0 Å². The molecule has 0 amide bonds. The average molecular weight is 239 g/mol. The highest BCUT2D eigenvalue weighted by Gasteiger charge is 2.19. The molecular weight excluding hydrogens is 214 g/mol. The van der Waals surface area contributed by atoms with Crippen LogP contribution in [0, 0.1) is 11.8 Å². The number of hydrogen-bond donors (Lipinski definition) is 1. The monoisotopic (exact) mass is 239 g/mol. The first-order valence-electron chi connectivity index (χ1n) is 6.33. The zero-order valence-electron chi connectivity index (χ0n) is 11.2. The Labute approximate surface area is 104 Å². The van der Waals surface area contributed by atoms with Gasteiger partial charge in [0.1, 0.15) is 0 Å². The normalized spacial score (nSPS) is 15.4. The third-order valence-electron chi connectivity index (χ3n) is 3.54. The second kappa shape index (κ2) is 6.41. The van der Waals surface area contributed by atoms with Crippen molar-refractivity contribution < 1.29 is 0 Å². The van der Waals surface area contributed by atoms with Gasteiger partial charge in [0.2, 0.25) is 0 Å². The average Bonchev–Trinajstić information content (AvgIpc) is 2.72. The summed E-state index contributed by atoms with van der Waals surface area (Å²) in [5.74, 6) is 1.46. The van der Waals surface area contributed by atoms with Crippen LogP contribution in [-0.4, -0.2) is 13.1 Å². The van der Waals surface area contributed by atoms with Gasteiger partial charge in [-0.2, -0.15) is 0 Å². The summed E-state index contributed by atoms with van der Waals surface area (Å²) in [5.41, 5.74) is 0. The quantitative estimate of drug-likeness (QED) is 0.797. The molecule has 0 fully saturated rings. The van der Waals surface area contributed by atoms with Crippen LogP contribution in [0.25, 0.3) is 0 Å². The van der Waals surface area contributed by atoms with Crippen molar-refractivity contribution in [2.24, 2.45) is 11.8 Å². The first-order valence-corrected chi connectivity index (χ1v) is 7.15. The van der Waals surface area contributed by atoms with Crippen molar-refractivity contribution >= 4 is 11.3 Å². The fourth-order valence-corrected chi connectivity index (χ4v) is 2.97. The number of likely N-dealkylation sites (N-methyl/N-ethyl adjacent to an activating group) is 1. The minimum Gasteiger partial charge on any atom is -0.316 e. The Morgan fingerprint density at radius 1 is 1.19 bits per heavy atom. The number of hydrogen-bond acceptors (Lipinski definition) is 2. The van der Waals surface area contributed by atoms with Crippen molar-refractivity contribution in [2.75, 3.05) is 7.05 Å². The lowest BCUT2D eigenvalue weighted by Gasteiger charge is -2.26. The number of thiophene rings is 1. The third-order valence-corrected chi connectivity index (χ3v) is 4.80. The highest BCUT2D eigenvalue weighted by atomic mass is 32.1. The molecule has 2 unspecified atom stereocenters. The minimum atomic E-state index is 0.600. The lowest BCUT2D eigenvalue weighted by molar-refractivity contribution is 0.311. The van der Waals surface area contributed by atoms with Crippen LogP contribution in [0.2, 0.25) is 0 Å². The van der Waals surface area contributed by atoms with E-state index in [2.05, 4.69) is 52.2 Å². The van der Waals surface area contributed by atoms with Crippen molar-refractivity contribution in [1.82, 2.24) is 5.32 Å². The van der Waals surface area contributed by atoms with E-state index in [4.69, 9.17) is 0 Å². The van der Waals surface area contributed by atoms with Gasteiger partial charge >= 0.3 is 0 Å². The standard InChI is InChI=1S/C14H25NS/c1-6-12-7-8-13(16-12)9-14(15-5)11(4)10(2)3/h7-8,10-11,14-15H,6,9H2,1-5H3. The Hall–Kier alpha value is -0.340. The summed E-state index contributed by atoms with van der Waals surface area (Å²) in [4.78, 5) is 3.02. The molecule has 0 aliphatic heterocycles. The van der Waals surface area contributed by atoms with Gasteiger partial charge in [0.25, 0.3) is 0 Å². The van der Waals surface area contributed by atoms with Crippen LogP contribution >= 0.6 is 11.3 Å². The maximum atomic E-state index is 3.47. The summed E-state index contributed by atoms with van der Waals surface area (Å²) in [6.07, 6.45) is 2.33. The predicted molar refractivity (Wildman–Crippen MR) is 74.3 cm³/mol. The molecule has 1 aromatic heterocycles. The Kier molecular flexibility index (Phi) is 5.50. The van der Waals surface area contributed by atoms with Crippen molar-refractivity contribution in [1.29, 1.82) is 0 Å². The minimum absolute atomic E-state index is 0.600. The second-order valence-electron chi connectivity index (χ2n) is 4.92. The number of nitrogens with one attached hydrogen (secondary N) is 1. The maximum Gasteiger partial charge on any atom is 0.0140 e. The molecule has 0 saturated carbocycles. The highest BCUT2D eigenvalue weighted by molar-refractivity contribution is 7.11. The molecule has 1 heterocycles. The van der Waals surface area contributed by atoms with E-state index in [0.717, 1.165) is 18.3 Å². The highest BCUT2D eigenvalue weighted by Crippen LogP contribution is 2.23. The molecular formula is C14H25NS. The largest absolute Gasteiger partial charge is 0.316 e. The van der Waals surface area contributed by atoms with Gasteiger partial charge in [-0.3, -0.25) is 0 Å². The lowest BCUT2D eigenvalue weighted by atomic mass is 9.88. The van der Waals surface area contributed by atoms with E-state index in [1.54, 1.807) is 0 Å². The number of rotatable bonds is 6. The summed E-state index contributed by atoms with van der Waals surface area (Å²) < 4.78 is 0. The van der Waals surface area contributed by atoms with E-state index in [1.807, 2.05) is 11.3 Å². The summed E-state index contributed by atoms with van der Waals surface area (Å²) in [7, 11) is 2.08. The lowest BCUT2D eigenvalue weighted by Crippen LogP contribution is -2.36. The van der Waals surface area contributed by atoms with Crippen molar-refractivity contribution in [3.8, 4) is 0 Å². The van der Waals surface area contributed by atoms with Gasteiger partial charge in [-0.25, -0.2) is 0 Å². The molecule has 1 rings (SSSR count). The fourth-order valence-electron chi connectivity index (χ4n) is 1.95. The number of aryl methyl sites for hydroxylation is 1. The molecule has 0 aromatic carbocycles. The maximum absolute atomic E-state index is 3.47. The van der Waals surface area contributed by atoms with Gasteiger partial charge in [-0.1, -0.05) is 27.7 Å². The van der Waals surface area contributed by atoms with Crippen molar-refractivity contribution in [3.63, 3.8) is 0 Å². The van der Waals surface area contributed by atoms with Crippen LogP contribution in [0.1, 0.15) is 37.4 Å². The predicted octanol–water partition coefficient (Wildman–Crippen LogP) is 3.73. The van der Waals surface area contributed by atoms with Crippen LogP contribution in [0.3, 0.4) is 0 Å². The second-order valence-corrected chi connectivity index (χ2v) is 6.18. The van der Waals surface area contributed by atoms with Crippen LogP contribution in [0.15, 0.2) is 12.1 Å². The molecule has 0 saturated heterocycles. The molecule has 16 heavy (non-hydrogen) atoms. The van der Waals surface area contributed by atoms with Crippen LogP contribution in [0.4, 0.5) is 0 Å². The van der Waals surface area contributed by atoms with Crippen LogP contribution < -0.4 is 5.32 Å². The Morgan fingerprint density at radius 2 is 1.81 bits per heavy atom. The van der Waals surface area contributed by atoms with E-state index >= 15 is 0 Å². The molecule has 0 aliphatic rings. The van der Waals surface area contributed by atoms with Crippen LogP contribution in [-0.2, 0) is 12.8 Å². The Balaban J connectivity index is 2.62. The first-order chi connectivity index (χ1) is 7.58. The summed E-state index contributed by atoms with van der Waals surface area (Å²) in [6, 6.07) is 5.16. The molecule has 0 radical (unpaired) electrons. The van der Waals surface area contributed by atoms with Gasteiger partial charge in [-0.15, -0.1) is 11.3 Å². The van der Waals surface area contributed by atoms with Crippen LogP contribution in [0.5, 0.6) is 0 Å². The smallest absolute Gasteiger partial charge is 0.0140 e. The molecule has 2 atom stereocenters. The van der Waals surface area contributed by atoms with E-state index in [0.29, 0.717) is 6.04 Å². The van der Waals surface area contributed by atoms with E-state index < -0.39 is 0 Å². The molecule has 0 aliphatic carbocycles. The van der Waals surface area contributed by atoms with Crippen molar-refractivity contribution in [3.05, 3.63) is 21.9 Å². The molecule has 1 nitrogen and oxygen atoms in total. The van der Waals surface area contributed by atoms with E-state index in [9.17, 15) is 0 Å². The molecule has 0 bridgehead atoms. The molecule has 92 valence electrons. The van der Waals surface area contributed by atoms with Crippen molar-refractivity contribution in [2.45, 2.75) is 46.6 Å². The Bertz CT molecular complexity index is 303. The van der Waals surface area contributed by atoms with Gasteiger partial charge < -0.3 is 5.32 Å². The zero-order chi connectivity index (χ0) is 12.1. The molecule has 0 spiro atoms. The molecule has 1 N–H and O–H groups in total. The molecule has 1 aromatic rings. The zero-order valence-corrected chi connectivity index (χ0v) is 12.0. The summed E-state index contributed by atoms with van der Waals surface area (Å²) in [5, 5.41) is 3.47. The first kappa shape index (κ1) is 13.7. The third kappa shape index (κ3) is 3.60. The Morgan fingerprint density at radius 3 is 2.25 bits per heavy atom. The van der Waals surface area contributed by atoms with E-state index in [1.165, 1.54) is 16.2 Å². The fraction of sp³-hybridized carbons (Fsp3) is 0.714. The van der Waals surface area contributed by atoms with Gasteiger partial charge in [0, 0.05) is 15.8 Å². The van der Waals surface area contributed by atoms with Gasteiger partial charge in [0.15, 0.2) is 0 Å². The topological polar surface area (TPSA) is 12.0 Å². The van der Waals surface area contributed by atoms with Gasteiger partial charge in [-0.05, 0) is 43.9 Å². The molecule has 2 heteroatoms. The summed E-state index contributed by atoms with van der Waals surface area (Å²) >= 11 is 1.97. The summed E-state index contributed by atoms with van der Waals surface area (Å²) in [6.45, 7) is 9.18.